The molecular formula is C16H26N2O3. The third-order valence-electron chi connectivity index (χ3n) is 4.13. The van der Waals surface area contributed by atoms with Crippen LogP contribution in [0.5, 0.6) is 17.2 Å². The van der Waals surface area contributed by atoms with Crippen molar-refractivity contribution in [1.82, 2.24) is 5.32 Å². The van der Waals surface area contributed by atoms with E-state index < -0.39 is 0 Å². The second-order valence-electron chi connectivity index (χ2n) is 5.34. The molecule has 1 atom stereocenters. The van der Waals surface area contributed by atoms with Crippen molar-refractivity contribution in [3.05, 3.63) is 17.7 Å². The van der Waals surface area contributed by atoms with E-state index in [1.54, 1.807) is 7.11 Å². The number of benzene rings is 1. The van der Waals surface area contributed by atoms with Gasteiger partial charge in [0.15, 0.2) is 11.5 Å². The van der Waals surface area contributed by atoms with E-state index in [1.807, 2.05) is 12.1 Å². The average Bonchev–Trinajstić information content (AvgIpc) is 2.99. The fraction of sp³-hybridized carbons (Fsp3) is 0.625. The first-order valence-corrected chi connectivity index (χ1v) is 7.64. The Balaban J connectivity index is 2.14. The summed E-state index contributed by atoms with van der Waals surface area (Å²) in [7, 11) is 1.64. The maximum atomic E-state index is 5.94. The highest BCUT2D eigenvalue weighted by molar-refractivity contribution is 5.55. The number of hydrogen-bond donors (Lipinski definition) is 2. The molecule has 1 aromatic carbocycles. The number of fused-ring (bicyclic) bond motifs is 1. The summed E-state index contributed by atoms with van der Waals surface area (Å²) in [6.45, 7) is 6.17. The SMILES string of the molecule is CCC(CC)CNC(CN)c1cc(OC)c2c(c1)OCO2. The van der Waals surface area contributed by atoms with Crippen LogP contribution in [0, 0.1) is 5.92 Å². The minimum absolute atomic E-state index is 0.0917. The molecule has 118 valence electrons. The Morgan fingerprint density at radius 3 is 2.67 bits per heavy atom. The van der Waals surface area contributed by atoms with Gasteiger partial charge in [-0.3, -0.25) is 0 Å². The van der Waals surface area contributed by atoms with E-state index in [1.165, 1.54) is 12.8 Å². The molecule has 5 nitrogen and oxygen atoms in total. The molecule has 1 aliphatic heterocycles. The standard InChI is InChI=1S/C16H26N2O3/c1-4-11(5-2)9-18-13(8-17)12-6-14(19-3)16-15(7-12)20-10-21-16/h6-7,11,13,18H,4-5,8-10,17H2,1-3H3. The largest absolute Gasteiger partial charge is 0.493 e. The zero-order valence-electron chi connectivity index (χ0n) is 13.1. The van der Waals surface area contributed by atoms with Crippen molar-refractivity contribution < 1.29 is 14.2 Å². The molecule has 0 bridgehead atoms. The third kappa shape index (κ3) is 3.60. The Kier molecular flexibility index (Phi) is 5.70. The topological polar surface area (TPSA) is 65.7 Å². The molecule has 0 aromatic heterocycles. The lowest BCUT2D eigenvalue weighted by molar-refractivity contribution is 0.171. The molecule has 2 rings (SSSR count). The van der Waals surface area contributed by atoms with Crippen LogP contribution in [0.1, 0.15) is 38.3 Å². The summed E-state index contributed by atoms with van der Waals surface area (Å²) in [5, 5.41) is 3.55. The maximum Gasteiger partial charge on any atom is 0.231 e. The predicted molar refractivity (Wildman–Crippen MR) is 83.0 cm³/mol. The van der Waals surface area contributed by atoms with E-state index in [0.29, 0.717) is 24.0 Å². The maximum absolute atomic E-state index is 5.94. The molecule has 1 aliphatic rings. The van der Waals surface area contributed by atoms with E-state index in [-0.39, 0.29) is 12.8 Å². The molecule has 0 amide bonds. The lowest BCUT2D eigenvalue weighted by Crippen LogP contribution is -2.32. The smallest absolute Gasteiger partial charge is 0.231 e. The Morgan fingerprint density at radius 2 is 2.05 bits per heavy atom. The van der Waals surface area contributed by atoms with Crippen molar-refractivity contribution in [2.24, 2.45) is 11.7 Å². The molecule has 0 saturated heterocycles. The number of rotatable bonds is 8. The van der Waals surface area contributed by atoms with Gasteiger partial charge in [-0.15, -0.1) is 0 Å². The fourth-order valence-electron chi connectivity index (χ4n) is 2.57. The molecule has 0 spiro atoms. The van der Waals surface area contributed by atoms with Crippen molar-refractivity contribution in [3.8, 4) is 17.2 Å². The zero-order valence-corrected chi connectivity index (χ0v) is 13.1. The first-order chi connectivity index (χ1) is 10.2. The number of hydrogen-bond acceptors (Lipinski definition) is 5. The van der Waals surface area contributed by atoms with Crippen LogP contribution in [0.3, 0.4) is 0 Å². The molecule has 1 heterocycles. The Morgan fingerprint density at radius 1 is 1.29 bits per heavy atom. The van der Waals surface area contributed by atoms with Crippen LogP contribution >= 0.6 is 0 Å². The molecule has 5 heteroatoms. The summed E-state index contributed by atoms with van der Waals surface area (Å²) in [6.07, 6.45) is 2.34. The summed E-state index contributed by atoms with van der Waals surface area (Å²) >= 11 is 0. The molecule has 1 unspecified atom stereocenters. The summed E-state index contributed by atoms with van der Waals surface area (Å²) in [4.78, 5) is 0. The zero-order chi connectivity index (χ0) is 15.2. The van der Waals surface area contributed by atoms with E-state index in [0.717, 1.165) is 17.9 Å². The van der Waals surface area contributed by atoms with E-state index in [9.17, 15) is 0 Å². The molecule has 0 aliphatic carbocycles. The second kappa shape index (κ2) is 7.52. The Labute approximate surface area is 126 Å². The summed E-state index contributed by atoms with van der Waals surface area (Å²) < 4.78 is 16.3. The lowest BCUT2D eigenvalue weighted by Gasteiger charge is -2.22. The highest BCUT2D eigenvalue weighted by Gasteiger charge is 2.22. The lowest BCUT2D eigenvalue weighted by atomic mass is 10.0. The van der Waals surface area contributed by atoms with E-state index in [4.69, 9.17) is 19.9 Å². The number of nitrogens with two attached hydrogens (primary N) is 1. The van der Waals surface area contributed by atoms with Crippen molar-refractivity contribution >= 4 is 0 Å². The van der Waals surface area contributed by atoms with Gasteiger partial charge in [-0.2, -0.15) is 0 Å². The molecule has 0 fully saturated rings. The van der Waals surface area contributed by atoms with Gasteiger partial charge >= 0.3 is 0 Å². The van der Waals surface area contributed by atoms with Gasteiger partial charge < -0.3 is 25.3 Å². The van der Waals surface area contributed by atoms with E-state index in [2.05, 4.69) is 19.2 Å². The second-order valence-corrected chi connectivity index (χ2v) is 5.34. The minimum atomic E-state index is 0.0917. The van der Waals surface area contributed by atoms with Crippen molar-refractivity contribution in [2.45, 2.75) is 32.7 Å². The summed E-state index contributed by atoms with van der Waals surface area (Å²) in [5.41, 5.74) is 7.01. The van der Waals surface area contributed by atoms with Crippen LogP contribution in [0.15, 0.2) is 12.1 Å². The first kappa shape index (κ1) is 15.9. The van der Waals surface area contributed by atoms with Crippen LogP contribution in [-0.4, -0.2) is 27.0 Å². The molecule has 21 heavy (non-hydrogen) atoms. The van der Waals surface area contributed by atoms with Gasteiger partial charge in [-0.25, -0.2) is 0 Å². The van der Waals surface area contributed by atoms with Gasteiger partial charge in [0.1, 0.15) is 0 Å². The van der Waals surface area contributed by atoms with Gasteiger partial charge in [0, 0.05) is 12.6 Å². The Bertz CT molecular complexity index is 461. The molecular weight excluding hydrogens is 268 g/mol. The summed E-state index contributed by atoms with van der Waals surface area (Å²) in [5.74, 6) is 2.78. The molecule has 1 aromatic rings. The quantitative estimate of drug-likeness (QED) is 0.771. The van der Waals surface area contributed by atoms with Crippen LogP contribution in [-0.2, 0) is 0 Å². The average molecular weight is 294 g/mol. The number of ether oxygens (including phenoxy) is 3. The van der Waals surface area contributed by atoms with Gasteiger partial charge in [0.05, 0.1) is 7.11 Å². The van der Waals surface area contributed by atoms with Crippen LogP contribution < -0.4 is 25.3 Å². The van der Waals surface area contributed by atoms with Crippen molar-refractivity contribution in [2.75, 3.05) is 27.0 Å². The molecule has 3 N–H and O–H groups in total. The predicted octanol–water partition coefficient (Wildman–Crippen LogP) is 2.45. The highest BCUT2D eigenvalue weighted by Crippen LogP contribution is 2.42. The van der Waals surface area contributed by atoms with Gasteiger partial charge in [-0.05, 0) is 30.2 Å². The number of nitrogens with one attached hydrogen (secondary N) is 1. The first-order valence-electron chi connectivity index (χ1n) is 7.64. The third-order valence-corrected chi connectivity index (χ3v) is 4.13. The van der Waals surface area contributed by atoms with Crippen molar-refractivity contribution in [3.63, 3.8) is 0 Å². The number of methoxy groups -OCH3 is 1. The molecule has 0 saturated carbocycles. The summed E-state index contributed by atoms with van der Waals surface area (Å²) in [6, 6.07) is 4.06. The van der Waals surface area contributed by atoms with Crippen LogP contribution in [0.25, 0.3) is 0 Å². The van der Waals surface area contributed by atoms with Crippen LogP contribution in [0.2, 0.25) is 0 Å². The highest BCUT2D eigenvalue weighted by atomic mass is 16.7. The van der Waals surface area contributed by atoms with Gasteiger partial charge in [-0.1, -0.05) is 26.7 Å². The monoisotopic (exact) mass is 294 g/mol. The van der Waals surface area contributed by atoms with Gasteiger partial charge in [0.25, 0.3) is 0 Å². The van der Waals surface area contributed by atoms with E-state index >= 15 is 0 Å². The van der Waals surface area contributed by atoms with Crippen molar-refractivity contribution in [1.29, 1.82) is 0 Å². The fourth-order valence-corrected chi connectivity index (χ4v) is 2.57. The normalized spacial score (nSPS) is 14.5. The van der Waals surface area contributed by atoms with Crippen LogP contribution in [0.4, 0.5) is 0 Å². The Hall–Kier alpha value is -1.46. The molecule has 0 radical (unpaired) electrons. The van der Waals surface area contributed by atoms with Gasteiger partial charge in [0.2, 0.25) is 12.5 Å². The minimum Gasteiger partial charge on any atom is -0.493 e.